The Labute approximate surface area is 149 Å². The van der Waals surface area contributed by atoms with Crippen LogP contribution in [0.3, 0.4) is 0 Å². The Balaban J connectivity index is 1.41. The molecule has 0 spiro atoms. The van der Waals surface area contributed by atoms with Crippen LogP contribution >= 0.6 is 15.9 Å². The van der Waals surface area contributed by atoms with Crippen molar-refractivity contribution in [2.24, 2.45) is 0 Å². The second-order valence-corrected chi connectivity index (χ2v) is 6.92. The molecule has 4 rings (SSSR count). The summed E-state index contributed by atoms with van der Waals surface area (Å²) in [6, 6.07) is 10.6. The fourth-order valence-electron chi connectivity index (χ4n) is 3.09. The van der Waals surface area contributed by atoms with Crippen LogP contribution in [0.2, 0.25) is 0 Å². The molecule has 1 aliphatic rings. The number of benzene rings is 1. The van der Waals surface area contributed by atoms with Crippen LogP contribution in [-0.2, 0) is 0 Å². The molecule has 1 fully saturated rings. The van der Waals surface area contributed by atoms with Crippen molar-refractivity contribution in [2.75, 3.05) is 23.3 Å². The minimum absolute atomic E-state index is 0.413. The highest BCUT2D eigenvalue weighted by Gasteiger charge is 2.20. The average molecular weight is 384 g/mol. The lowest BCUT2D eigenvalue weighted by Gasteiger charge is -2.33. The molecule has 3 aromatic rings. The Morgan fingerprint density at radius 2 is 1.88 bits per heavy atom. The monoisotopic (exact) mass is 383 g/mol. The molecule has 5 nitrogen and oxygen atoms in total. The van der Waals surface area contributed by atoms with Crippen LogP contribution < -0.4 is 10.2 Å². The number of nitrogens with one attached hydrogen (secondary N) is 1. The van der Waals surface area contributed by atoms with Gasteiger partial charge >= 0.3 is 0 Å². The number of halogens is 1. The molecule has 0 radical (unpaired) electrons. The van der Waals surface area contributed by atoms with Crippen LogP contribution in [-0.4, -0.2) is 34.1 Å². The summed E-state index contributed by atoms with van der Waals surface area (Å²) < 4.78 is 1.04. The molecule has 6 heteroatoms. The normalized spacial score (nSPS) is 15.6. The van der Waals surface area contributed by atoms with E-state index in [-0.39, 0.29) is 0 Å². The molecule has 0 unspecified atom stereocenters. The van der Waals surface area contributed by atoms with Gasteiger partial charge in [0.15, 0.2) is 0 Å². The maximum atomic E-state index is 4.62. The zero-order chi connectivity index (χ0) is 16.4. The van der Waals surface area contributed by atoms with Crippen LogP contribution in [0.25, 0.3) is 10.9 Å². The van der Waals surface area contributed by atoms with Gasteiger partial charge in [-0.15, -0.1) is 0 Å². The Kier molecular flexibility index (Phi) is 4.30. The van der Waals surface area contributed by atoms with Gasteiger partial charge in [-0.2, -0.15) is 0 Å². The van der Waals surface area contributed by atoms with Gasteiger partial charge < -0.3 is 10.2 Å². The summed E-state index contributed by atoms with van der Waals surface area (Å²) in [6.45, 7) is 2.06. The van der Waals surface area contributed by atoms with Gasteiger partial charge in [-0.1, -0.05) is 15.9 Å². The molecule has 1 aliphatic heterocycles. The van der Waals surface area contributed by atoms with E-state index in [1.807, 2.05) is 36.8 Å². The number of rotatable bonds is 3. The zero-order valence-corrected chi connectivity index (χ0v) is 14.8. The molecular formula is C18H18BrN5. The van der Waals surface area contributed by atoms with E-state index in [9.17, 15) is 0 Å². The van der Waals surface area contributed by atoms with E-state index in [1.54, 1.807) is 0 Å². The fourth-order valence-corrected chi connectivity index (χ4v) is 3.47. The highest BCUT2D eigenvalue weighted by Crippen LogP contribution is 2.22. The molecule has 0 amide bonds. The van der Waals surface area contributed by atoms with E-state index in [4.69, 9.17) is 0 Å². The molecule has 122 valence electrons. The van der Waals surface area contributed by atoms with E-state index in [1.165, 1.54) is 5.69 Å². The standard InChI is InChI=1S/C18H18BrN5/c19-14-1-2-17-13(11-14)12-21-18(23-17)22-15-5-9-24(10-6-15)16-3-7-20-8-4-16/h1-4,7-8,11-12,15H,5-6,9-10H2,(H,21,22,23). The number of hydrogen-bond donors (Lipinski definition) is 1. The summed E-state index contributed by atoms with van der Waals surface area (Å²) in [5.41, 5.74) is 2.21. The molecule has 0 bridgehead atoms. The molecule has 0 saturated carbocycles. The number of piperidine rings is 1. The lowest BCUT2D eigenvalue weighted by Crippen LogP contribution is -2.39. The van der Waals surface area contributed by atoms with Crippen molar-refractivity contribution >= 4 is 38.5 Å². The molecule has 2 aromatic heterocycles. The quantitative estimate of drug-likeness (QED) is 0.743. The van der Waals surface area contributed by atoms with Crippen LogP contribution in [0.1, 0.15) is 12.8 Å². The van der Waals surface area contributed by atoms with Gasteiger partial charge in [0.1, 0.15) is 0 Å². The van der Waals surface area contributed by atoms with Gasteiger partial charge in [0.25, 0.3) is 0 Å². The van der Waals surface area contributed by atoms with Crippen molar-refractivity contribution in [1.82, 2.24) is 15.0 Å². The second-order valence-electron chi connectivity index (χ2n) is 6.01. The van der Waals surface area contributed by atoms with Crippen molar-refractivity contribution in [2.45, 2.75) is 18.9 Å². The third-order valence-corrected chi connectivity index (χ3v) is 4.89. The van der Waals surface area contributed by atoms with Gasteiger partial charge in [-0.25, -0.2) is 9.97 Å². The smallest absolute Gasteiger partial charge is 0.223 e. The number of fused-ring (bicyclic) bond motifs is 1. The number of nitrogens with zero attached hydrogens (tertiary/aromatic N) is 4. The van der Waals surface area contributed by atoms with Crippen LogP contribution in [0.4, 0.5) is 11.6 Å². The highest BCUT2D eigenvalue weighted by molar-refractivity contribution is 9.10. The molecule has 24 heavy (non-hydrogen) atoms. The van der Waals surface area contributed by atoms with E-state index in [0.29, 0.717) is 12.0 Å². The molecule has 0 aliphatic carbocycles. The van der Waals surface area contributed by atoms with Gasteiger partial charge in [0.05, 0.1) is 5.52 Å². The predicted molar refractivity (Wildman–Crippen MR) is 100 cm³/mol. The molecule has 3 heterocycles. The minimum atomic E-state index is 0.413. The first-order chi connectivity index (χ1) is 11.8. The number of hydrogen-bond acceptors (Lipinski definition) is 5. The van der Waals surface area contributed by atoms with Crippen molar-refractivity contribution in [1.29, 1.82) is 0 Å². The second kappa shape index (κ2) is 6.73. The fraction of sp³-hybridized carbons (Fsp3) is 0.278. The summed E-state index contributed by atoms with van der Waals surface area (Å²) >= 11 is 3.48. The summed E-state index contributed by atoms with van der Waals surface area (Å²) in [5, 5.41) is 4.53. The van der Waals surface area contributed by atoms with Crippen molar-refractivity contribution in [3.63, 3.8) is 0 Å². The minimum Gasteiger partial charge on any atom is -0.371 e. The Morgan fingerprint density at radius 3 is 2.67 bits per heavy atom. The van der Waals surface area contributed by atoms with Gasteiger partial charge in [0.2, 0.25) is 5.95 Å². The lowest BCUT2D eigenvalue weighted by molar-refractivity contribution is 0.524. The summed E-state index contributed by atoms with van der Waals surface area (Å²) in [5.74, 6) is 0.715. The largest absolute Gasteiger partial charge is 0.371 e. The summed E-state index contributed by atoms with van der Waals surface area (Å²) in [4.78, 5) is 15.6. The number of pyridine rings is 1. The molecular weight excluding hydrogens is 366 g/mol. The first-order valence-corrected chi connectivity index (χ1v) is 8.91. The Morgan fingerprint density at radius 1 is 1.08 bits per heavy atom. The highest BCUT2D eigenvalue weighted by atomic mass is 79.9. The lowest BCUT2D eigenvalue weighted by atomic mass is 10.0. The molecule has 1 aromatic carbocycles. The zero-order valence-electron chi connectivity index (χ0n) is 13.2. The van der Waals surface area contributed by atoms with Crippen LogP contribution in [0, 0.1) is 0 Å². The maximum Gasteiger partial charge on any atom is 0.223 e. The summed E-state index contributed by atoms with van der Waals surface area (Å²) in [7, 11) is 0. The molecule has 0 atom stereocenters. The maximum absolute atomic E-state index is 4.62. The summed E-state index contributed by atoms with van der Waals surface area (Å²) in [6.07, 6.45) is 7.72. The van der Waals surface area contributed by atoms with Crippen molar-refractivity contribution < 1.29 is 0 Å². The van der Waals surface area contributed by atoms with Crippen LogP contribution in [0.15, 0.2) is 53.4 Å². The van der Waals surface area contributed by atoms with E-state index in [2.05, 4.69) is 53.2 Å². The van der Waals surface area contributed by atoms with Crippen LogP contribution in [0.5, 0.6) is 0 Å². The van der Waals surface area contributed by atoms with Crippen molar-refractivity contribution in [3.05, 3.63) is 53.4 Å². The first kappa shape index (κ1) is 15.3. The predicted octanol–water partition coefficient (Wildman–Crippen LogP) is 3.87. The van der Waals surface area contributed by atoms with E-state index < -0.39 is 0 Å². The first-order valence-electron chi connectivity index (χ1n) is 8.12. The number of anilines is 2. The number of aromatic nitrogens is 3. The van der Waals surface area contributed by atoms with E-state index in [0.717, 1.165) is 41.3 Å². The van der Waals surface area contributed by atoms with Gasteiger partial charge in [-0.05, 0) is 43.2 Å². The SMILES string of the molecule is Brc1ccc2nc(NC3CCN(c4ccncc4)CC3)ncc2c1. The molecule has 1 saturated heterocycles. The van der Waals surface area contributed by atoms with Gasteiger partial charge in [-0.3, -0.25) is 4.98 Å². The topological polar surface area (TPSA) is 53.9 Å². The molecule has 1 N–H and O–H groups in total. The van der Waals surface area contributed by atoms with Crippen molar-refractivity contribution in [3.8, 4) is 0 Å². The third kappa shape index (κ3) is 3.33. The average Bonchev–Trinajstić information content (AvgIpc) is 2.63. The Bertz CT molecular complexity index is 831. The van der Waals surface area contributed by atoms with Gasteiger partial charge in [0, 0.05) is 53.3 Å². The third-order valence-electron chi connectivity index (χ3n) is 4.40. The van der Waals surface area contributed by atoms with E-state index >= 15 is 0 Å². The Hall–Kier alpha value is -2.21.